The predicted molar refractivity (Wildman–Crippen MR) is 96.4 cm³/mol. The normalized spacial score (nSPS) is 16.2. The molecule has 0 bridgehead atoms. The van der Waals surface area contributed by atoms with Crippen molar-refractivity contribution in [1.29, 1.82) is 0 Å². The van der Waals surface area contributed by atoms with Gasteiger partial charge in [0.1, 0.15) is 17.2 Å². The molecular weight excluding hydrogens is 373 g/mol. The van der Waals surface area contributed by atoms with Gasteiger partial charge in [-0.2, -0.15) is 23.3 Å². The predicted octanol–water partition coefficient (Wildman–Crippen LogP) is 3.17. The number of anilines is 3. The van der Waals surface area contributed by atoms with Crippen LogP contribution in [-0.4, -0.2) is 35.8 Å². The molecule has 0 saturated heterocycles. The number of hydrogen-bond donors (Lipinski definition) is 2. The summed E-state index contributed by atoms with van der Waals surface area (Å²) in [5.41, 5.74) is 0.601. The molecule has 0 saturated carbocycles. The van der Waals surface area contributed by atoms with Crippen LogP contribution in [0.4, 0.5) is 30.6 Å². The first-order valence-corrected chi connectivity index (χ1v) is 8.86. The van der Waals surface area contributed by atoms with Crippen molar-refractivity contribution in [3.8, 4) is 0 Å². The maximum atomic E-state index is 13.1. The Balaban J connectivity index is 1.56. The van der Waals surface area contributed by atoms with Crippen molar-refractivity contribution < 1.29 is 13.2 Å². The molecule has 148 valence electrons. The van der Waals surface area contributed by atoms with Crippen LogP contribution in [0.25, 0.3) is 0 Å². The van der Waals surface area contributed by atoms with Gasteiger partial charge in [-0.1, -0.05) is 0 Å². The number of fused-ring (bicyclic) bond motifs is 1. The van der Waals surface area contributed by atoms with Gasteiger partial charge in [0.2, 0.25) is 5.95 Å². The summed E-state index contributed by atoms with van der Waals surface area (Å²) in [4.78, 5) is 12.1. The third-order valence-electron chi connectivity index (χ3n) is 4.70. The molecule has 0 amide bonds. The fourth-order valence-electron chi connectivity index (χ4n) is 3.35. The Bertz CT molecular complexity index is 970. The molecule has 1 unspecified atom stereocenters. The highest BCUT2D eigenvalue weighted by atomic mass is 19.4. The van der Waals surface area contributed by atoms with Crippen molar-refractivity contribution in [3.05, 3.63) is 41.9 Å². The topological polar surface area (TPSA) is 85.5 Å². The number of imidazole rings is 1. The molecule has 11 heteroatoms. The second-order valence-electron chi connectivity index (χ2n) is 6.55. The Hall–Kier alpha value is -3.11. The second-order valence-corrected chi connectivity index (χ2v) is 6.55. The maximum absolute atomic E-state index is 13.1. The lowest BCUT2D eigenvalue weighted by atomic mass is 10.2. The Morgan fingerprint density at radius 2 is 2.07 bits per heavy atom. The third-order valence-corrected chi connectivity index (χ3v) is 4.70. The number of halogens is 3. The van der Waals surface area contributed by atoms with Crippen LogP contribution in [0.3, 0.4) is 0 Å². The molecule has 1 atom stereocenters. The molecule has 0 aliphatic carbocycles. The smallest absolute Gasteiger partial charge is 0.370 e. The van der Waals surface area contributed by atoms with Crippen LogP contribution >= 0.6 is 0 Å². The van der Waals surface area contributed by atoms with Crippen molar-refractivity contribution >= 4 is 17.5 Å². The van der Waals surface area contributed by atoms with E-state index in [1.807, 2.05) is 17.8 Å². The van der Waals surface area contributed by atoms with Gasteiger partial charge < -0.3 is 15.2 Å². The minimum atomic E-state index is -4.52. The van der Waals surface area contributed by atoms with E-state index in [2.05, 4.69) is 35.3 Å². The highest BCUT2D eigenvalue weighted by Gasteiger charge is 2.35. The second kappa shape index (κ2) is 6.80. The maximum Gasteiger partial charge on any atom is 0.421 e. The molecule has 0 fully saturated rings. The Labute approximate surface area is 158 Å². The molecule has 0 aromatic carbocycles. The number of alkyl halides is 3. The summed E-state index contributed by atoms with van der Waals surface area (Å²) >= 11 is 0. The fraction of sp³-hybridized carbons (Fsp3) is 0.412. The summed E-state index contributed by atoms with van der Waals surface area (Å²) < 4.78 is 43.3. The van der Waals surface area contributed by atoms with Gasteiger partial charge >= 0.3 is 6.18 Å². The molecule has 0 radical (unpaired) electrons. The molecule has 8 nitrogen and oxygen atoms in total. The highest BCUT2D eigenvalue weighted by molar-refractivity contribution is 5.58. The van der Waals surface area contributed by atoms with Gasteiger partial charge in [0.15, 0.2) is 0 Å². The number of hydrogen-bond acceptors (Lipinski definition) is 6. The Kier molecular flexibility index (Phi) is 4.44. The summed E-state index contributed by atoms with van der Waals surface area (Å²) in [6, 6.07) is 0.144. The molecule has 4 rings (SSSR count). The Morgan fingerprint density at radius 3 is 2.79 bits per heavy atom. The van der Waals surface area contributed by atoms with Crippen LogP contribution in [-0.2, 0) is 19.1 Å². The summed E-state index contributed by atoms with van der Waals surface area (Å²) in [5.74, 6) is 0.834. The molecule has 3 aromatic heterocycles. The number of aromatic nitrogens is 6. The van der Waals surface area contributed by atoms with E-state index >= 15 is 0 Å². The van der Waals surface area contributed by atoms with Crippen molar-refractivity contribution in [2.75, 3.05) is 17.2 Å². The van der Waals surface area contributed by atoms with E-state index in [4.69, 9.17) is 0 Å². The van der Waals surface area contributed by atoms with Gasteiger partial charge in [-0.15, -0.1) is 0 Å². The average Bonchev–Trinajstić information content (AvgIpc) is 3.30. The standard InChI is InChI=1S/C17H19F3N8/c1-3-21-15-12(17(18,19)20)7-23-16(26-15)25-13-8-24-28(10(13)2)11-6-14-22-4-5-27(14)9-11/h4-5,7-8,11H,3,6,9H2,1-2H3,(H2,21,23,25,26). The zero-order chi connectivity index (χ0) is 19.9. The Morgan fingerprint density at radius 1 is 1.25 bits per heavy atom. The monoisotopic (exact) mass is 392 g/mol. The van der Waals surface area contributed by atoms with Crippen LogP contribution < -0.4 is 10.6 Å². The van der Waals surface area contributed by atoms with Crippen molar-refractivity contribution in [2.45, 2.75) is 39.0 Å². The van der Waals surface area contributed by atoms with Crippen LogP contribution in [0.1, 0.15) is 30.0 Å². The summed E-state index contributed by atoms with van der Waals surface area (Å²) in [7, 11) is 0. The number of nitrogens with one attached hydrogen (secondary N) is 2. The van der Waals surface area contributed by atoms with Gasteiger partial charge in [-0.05, 0) is 13.8 Å². The summed E-state index contributed by atoms with van der Waals surface area (Å²) in [6.07, 6.45) is 2.37. The number of nitrogens with zero attached hydrogens (tertiary/aromatic N) is 6. The molecule has 1 aliphatic heterocycles. The summed E-state index contributed by atoms with van der Waals surface area (Å²) in [6.45, 7) is 4.69. The van der Waals surface area contributed by atoms with Gasteiger partial charge in [0.05, 0.1) is 23.6 Å². The molecule has 1 aliphatic rings. The lowest BCUT2D eigenvalue weighted by Crippen LogP contribution is -2.15. The van der Waals surface area contributed by atoms with E-state index in [0.29, 0.717) is 12.2 Å². The van der Waals surface area contributed by atoms with E-state index in [0.717, 1.165) is 30.7 Å². The minimum Gasteiger partial charge on any atom is -0.370 e. The lowest BCUT2D eigenvalue weighted by molar-refractivity contribution is -0.137. The fourth-order valence-corrected chi connectivity index (χ4v) is 3.35. The molecule has 0 spiro atoms. The van der Waals surface area contributed by atoms with Crippen LogP contribution in [0.15, 0.2) is 24.8 Å². The molecular formula is C17H19F3N8. The van der Waals surface area contributed by atoms with Gasteiger partial charge in [-0.3, -0.25) is 4.68 Å². The molecule has 3 aromatic rings. The zero-order valence-corrected chi connectivity index (χ0v) is 15.3. The highest BCUT2D eigenvalue weighted by Crippen LogP contribution is 2.34. The third kappa shape index (κ3) is 3.27. The molecule has 2 N–H and O–H groups in total. The van der Waals surface area contributed by atoms with E-state index in [1.54, 1.807) is 19.3 Å². The van der Waals surface area contributed by atoms with E-state index in [1.165, 1.54) is 0 Å². The summed E-state index contributed by atoms with van der Waals surface area (Å²) in [5, 5.41) is 10.0. The first kappa shape index (κ1) is 18.3. The zero-order valence-electron chi connectivity index (χ0n) is 15.3. The average molecular weight is 392 g/mol. The molecule has 4 heterocycles. The molecule has 28 heavy (non-hydrogen) atoms. The lowest BCUT2D eigenvalue weighted by Gasteiger charge is -2.14. The van der Waals surface area contributed by atoms with E-state index in [-0.39, 0.29) is 17.8 Å². The first-order valence-electron chi connectivity index (χ1n) is 8.86. The van der Waals surface area contributed by atoms with Crippen LogP contribution in [0.2, 0.25) is 0 Å². The van der Waals surface area contributed by atoms with Crippen molar-refractivity contribution in [3.63, 3.8) is 0 Å². The first-order chi connectivity index (χ1) is 13.4. The SMILES string of the molecule is CCNc1nc(Nc2cnn(C3Cc4nccn4C3)c2C)ncc1C(F)(F)F. The van der Waals surface area contributed by atoms with Crippen molar-refractivity contribution in [1.82, 2.24) is 29.3 Å². The van der Waals surface area contributed by atoms with E-state index < -0.39 is 11.7 Å². The minimum absolute atomic E-state index is 0.0750. The van der Waals surface area contributed by atoms with Gasteiger partial charge in [0.25, 0.3) is 0 Å². The van der Waals surface area contributed by atoms with E-state index in [9.17, 15) is 13.2 Å². The van der Waals surface area contributed by atoms with Crippen LogP contribution in [0.5, 0.6) is 0 Å². The quantitative estimate of drug-likeness (QED) is 0.694. The number of rotatable bonds is 5. The van der Waals surface area contributed by atoms with Crippen molar-refractivity contribution in [2.24, 2.45) is 0 Å². The van der Waals surface area contributed by atoms with Gasteiger partial charge in [-0.25, -0.2) is 9.97 Å². The largest absolute Gasteiger partial charge is 0.421 e. The van der Waals surface area contributed by atoms with Crippen LogP contribution in [0, 0.1) is 6.92 Å². The van der Waals surface area contributed by atoms with Gasteiger partial charge in [0, 0.05) is 38.1 Å².